The van der Waals surface area contributed by atoms with E-state index < -0.39 is 0 Å². The molecule has 1 N–H and O–H groups in total. The zero-order valence-electron chi connectivity index (χ0n) is 7.06. The molecule has 0 aromatic rings. The number of allylic oxidation sites excluding steroid dienone is 2. The molecule has 1 heteroatoms. The molecule has 1 unspecified atom stereocenters. The summed E-state index contributed by atoms with van der Waals surface area (Å²) in [5, 5.41) is 3.49. The van der Waals surface area contributed by atoms with Gasteiger partial charge in [-0.15, -0.1) is 0 Å². The Morgan fingerprint density at radius 2 is 2.55 bits per heavy atom. The van der Waals surface area contributed by atoms with E-state index in [-0.39, 0.29) is 1.43 Å². The Balaban J connectivity index is 0.000000720. The van der Waals surface area contributed by atoms with Crippen LogP contribution in [0, 0.1) is 0 Å². The number of hydrogen-bond donors (Lipinski definition) is 1. The van der Waals surface area contributed by atoms with Crippen LogP contribution in [0.15, 0.2) is 23.3 Å². The molecule has 62 valence electrons. The molecule has 1 aliphatic heterocycles. The summed E-state index contributed by atoms with van der Waals surface area (Å²) in [4.78, 5) is 0. The van der Waals surface area contributed by atoms with Crippen LogP contribution >= 0.6 is 0 Å². The Morgan fingerprint density at radius 1 is 1.64 bits per heavy atom. The Labute approximate surface area is 69.7 Å². The molecule has 0 amide bonds. The quantitative estimate of drug-likeness (QED) is 0.560. The Morgan fingerprint density at radius 3 is 3.45 bits per heavy atom. The van der Waals surface area contributed by atoms with Crippen LogP contribution in [0.3, 0.4) is 0 Å². The van der Waals surface area contributed by atoms with Gasteiger partial charge in [0.2, 0.25) is 0 Å². The lowest BCUT2D eigenvalue weighted by Crippen LogP contribution is -2.33. The lowest BCUT2D eigenvalue weighted by molar-refractivity contribution is 0.531. The smallest absolute Gasteiger partial charge is 0.0173 e. The van der Waals surface area contributed by atoms with Crippen molar-refractivity contribution in [3.63, 3.8) is 0 Å². The van der Waals surface area contributed by atoms with Crippen molar-refractivity contribution in [2.24, 2.45) is 0 Å². The van der Waals surface area contributed by atoms with Gasteiger partial charge in [0, 0.05) is 14.0 Å². The standard InChI is InChI=1S/C10H15N.H2/c1-8-6-9-4-2-3-5-10(9)7-11-8;/h2,4,8,11H,3,5-7H2,1H3;1H. The van der Waals surface area contributed by atoms with Gasteiger partial charge < -0.3 is 5.32 Å². The SMILES string of the molecule is CC1CC2=C(CCC=C2)CN1.[HH]. The van der Waals surface area contributed by atoms with Gasteiger partial charge in [-0.3, -0.25) is 0 Å². The maximum atomic E-state index is 3.49. The zero-order chi connectivity index (χ0) is 7.68. The minimum atomic E-state index is 0. The molecular formula is C10H17N. The van der Waals surface area contributed by atoms with Gasteiger partial charge in [-0.2, -0.15) is 0 Å². The molecule has 0 radical (unpaired) electrons. The summed E-state index contributed by atoms with van der Waals surface area (Å²) in [5.74, 6) is 0. The molecule has 11 heavy (non-hydrogen) atoms. The van der Waals surface area contributed by atoms with Crippen molar-refractivity contribution >= 4 is 0 Å². The van der Waals surface area contributed by atoms with Crippen LogP contribution in [0.25, 0.3) is 0 Å². The van der Waals surface area contributed by atoms with Crippen molar-refractivity contribution in [1.29, 1.82) is 0 Å². The third-order valence-corrected chi connectivity index (χ3v) is 2.58. The summed E-state index contributed by atoms with van der Waals surface area (Å²) in [6.07, 6.45) is 8.37. The molecule has 1 nitrogen and oxygen atoms in total. The first-order chi connectivity index (χ1) is 5.36. The maximum Gasteiger partial charge on any atom is 0.0173 e. The molecule has 0 spiro atoms. The molecule has 0 saturated heterocycles. The minimum absolute atomic E-state index is 0. The average molecular weight is 151 g/mol. The highest BCUT2D eigenvalue weighted by Crippen LogP contribution is 2.25. The first-order valence-corrected chi connectivity index (χ1v) is 4.47. The lowest BCUT2D eigenvalue weighted by atomic mass is 9.90. The van der Waals surface area contributed by atoms with Crippen LogP contribution in [-0.2, 0) is 0 Å². The van der Waals surface area contributed by atoms with Gasteiger partial charge in [0.25, 0.3) is 0 Å². The molecule has 1 heterocycles. The fourth-order valence-corrected chi connectivity index (χ4v) is 1.88. The predicted octanol–water partition coefficient (Wildman–Crippen LogP) is 2.26. The van der Waals surface area contributed by atoms with E-state index in [1.54, 1.807) is 11.1 Å². The first kappa shape index (κ1) is 7.11. The van der Waals surface area contributed by atoms with Gasteiger partial charge in [0.1, 0.15) is 0 Å². The van der Waals surface area contributed by atoms with Gasteiger partial charge in [-0.1, -0.05) is 17.7 Å². The van der Waals surface area contributed by atoms with Crippen molar-refractivity contribution < 1.29 is 1.43 Å². The Bertz CT molecular complexity index is 218. The number of rotatable bonds is 0. The van der Waals surface area contributed by atoms with Gasteiger partial charge in [-0.05, 0) is 31.8 Å². The molecule has 0 aromatic carbocycles. The van der Waals surface area contributed by atoms with Crippen molar-refractivity contribution in [1.82, 2.24) is 5.32 Å². The highest BCUT2D eigenvalue weighted by molar-refractivity contribution is 5.32. The normalized spacial score (nSPS) is 30.5. The van der Waals surface area contributed by atoms with E-state index in [4.69, 9.17) is 0 Å². The average Bonchev–Trinajstić information content (AvgIpc) is 2.04. The Kier molecular flexibility index (Phi) is 1.82. The van der Waals surface area contributed by atoms with Crippen LogP contribution in [0.1, 0.15) is 27.6 Å². The van der Waals surface area contributed by atoms with Crippen molar-refractivity contribution in [2.45, 2.75) is 32.2 Å². The van der Waals surface area contributed by atoms with Gasteiger partial charge in [0.15, 0.2) is 0 Å². The van der Waals surface area contributed by atoms with Crippen LogP contribution in [0.2, 0.25) is 0 Å². The van der Waals surface area contributed by atoms with Gasteiger partial charge in [-0.25, -0.2) is 0 Å². The highest BCUT2D eigenvalue weighted by Gasteiger charge is 2.16. The summed E-state index contributed by atoms with van der Waals surface area (Å²) in [6.45, 7) is 3.38. The van der Waals surface area contributed by atoms with Crippen LogP contribution in [-0.4, -0.2) is 12.6 Å². The van der Waals surface area contributed by atoms with Crippen molar-refractivity contribution in [3.05, 3.63) is 23.3 Å². The van der Waals surface area contributed by atoms with Crippen LogP contribution in [0.4, 0.5) is 0 Å². The second-order valence-corrected chi connectivity index (χ2v) is 3.56. The number of nitrogens with one attached hydrogen (secondary N) is 1. The molecule has 0 aromatic heterocycles. The van der Waals surface area contributed by atoms with Crippen molar-refractivity contribution in [3.8, 4) is 0 Å². The molecule has 2 aliphatic rings. The first-order valence-electron chi connectivity index (χ1n) is 4.47. The molecular weight excluding hydrogens is 134 g/mol. The predicted molar refractivity (Wildman–Crippen MR) is 49.6 cm³/mol. The summed E-state index contributed by atoms with van der Waals surface area (Å²) in [7, 11) is 0. The van der Waals surface area contributed by atoms with E-state index in [0.29, 0.717) is 6.04 Å². The molecule has 0 fully saturated rings. The third-order valence-electron chi connectivity index (χ3n) is 2.58. The molecule has 0 bridgehead atoms. The topological polar surface area (TPSA) is 12.0 Å². The van der Waals surface area contributed by atoms with Gasteiger partial charge in [0.05, 0.1) is 0 Å². The second-order valence-electron chi connectivity index (χ2n) is 3.56. The maximum absolute atomic E-state index is 3.49. The molecule has 1 aliphatic carbocycles. The second kappa shape index (κ2) is 2.82. The van der Waals surface area contributed by atoms with E-state index >= 15 is 0 Å². The lowest BCUT2D eigenvalue weighted by Gasteiger charge is -2.26. The van der Waals surface area contributed by atoms with E-state index in [1.165, 1.54) is 19.3 Å². The summed E-state index contributed by atoms with van der Waals surface area (Å²) in [5.41, 5.74) is 3.24. The summed E-state index contributed by atoms with van der Waals surface area (Å²) >= 11 is 0. The van der Waals surface area contributed by atoms with E-state index in [1.807, 2.05) is 0 Å². The Hall–Kier alpha value is -0.560. The fraction of sp³-hybridized carbons (Fsp3) is 0.600. The van der Waals surface area contributed by atoms with E-state index in [0.717, 1.165) is 6.54 Å². The third kappa shape index (κ3) is 1.38. The van der Waals surface area contributed by atoms with Crippen LogP contribution in [0.5, 0.6) is 0 Å². The molecule has 1 atom stereocenters. The fourth-order valence-electron chi connectivity index (χ4n) is 1.88. The minimum Gasteiger partial charge on any atom is -0.310 e. The highest BCUT2D eigenvalue weighted by atomic mass is 14.9. The van der Waals surface area contributed by atoms with E-state index in [9.17, 15) is 0 Å². The molecule has 2 rings (SSSR count). The summed E-state index contributed by atoms with van der Waals surface area (Å²) in [6, 6.07) is 0.677. The zero-order valence-corrected chi connectivity index (χ0v) is 7.06. The number of hydrogen-bond acceptors (Lipinski definition) is 1. The van der Waals surface area contributed by atoms with Crippen LogP contribution < -0.4 is 5.32 Å². The van der Waals surface area contributed by atoms with Crippen molar-refractivity contribution in [2.75, 3.05) is 6.54 Å². The monoisotopic (exact) mass is 151 g/mol. The largest absolute Gasteiger partial charge is 0.310 e. The van der Waals surface area contributed by atoms with E-state index in [2.05, 4.69) is 24.4 Å². The molecule has 0 saturated carbocycles. The summed E-state index contributed by atoms with van der Waals surface area (Å²) < 4.78 is 0. The van der Waals surface area contributed by atoms with Gasteiger partial charge >= 0.3 is 0 Å².